The minimum absolute atomic E-state index is 0.0555. The number of fused-ring (bicyclic) bond motifs is 1. The lowest BCUT2D eigenvalue weighted by Gasteiger charge is -2.41. The van der Waals surface area contributed by atoms with Crippen molar-refractivity contribution in [2.75, 3.05) is 7.11 Å². The Morgan fingerprint density at radius 3 is 2.83 bits per heavy atom. The molecule has 3 nitrogen and oxygen atoms in total. The molecule has 1 N–H and O–H groups in total. The first-order valence-corrected chi connectivity index (χ1v) is 7.07. The third-order valence-corrected chi connectivity index (χ3v) is 4.84. The zero-order chi connectivity index (χ0) is 12.8. The largest absolute Gasteiger partial charge is 0.388 e. The number of aliphatic hydroxyl groups is 1. The maximum atomic E-state index is 10.1. The van der Waals surface area contributed by atoms with Crippen molar-refractivity contribution in [1.29, 1.82) is 0 Å². The van der Waals surface area contributed by atoms with E-state index in [0.29, 0.717) is 0 Å². The highest BCUT2D eigenvalue weighted by Crippen LogP contribution is 2.39. The fourth-order valence-corrected chi connectivity index (χ4v) is 3.45. The molecule has 2 aliphatic rings. The number of aliphatic hydroxyl groups excluding tert-OH is 1. The predicted molar refractivity (Wildman–Crippen MR) is 70.7 cm³/mol. The number of ether oxygens (including phenoxy) is 1. The molecule has 3 rings (SSSR count). The van der Waals surface area contributed by atoms with Crippen LogP contribution in [0.15, 0.2) is 6.07 Å². The number of hydrogen-bond acceptors (Lipinski definition) is 2. The van der Waals surface area contributed by atoms with Crippen LogP contribution in [0.4, 0.5) is 0 Å². The van der Waals surface area contributed by atoms with Gasteiger partial charge in [-0.2, -0.15) is 0 Å². The number of rotatable bonds is 3. The molecule has 3 heteroatoms. The first-order chi connectivity index (χ1) is 8.65. The molecule has 1 fully saturated rings. The van der Waals surface area contributed by atoms with Crippen LogP contribution in [0.2, 0.25) is 0 Å². The first-order valence-electron chi connectivity index (χ1n) is 7.07. The van der Waals surface area contributed by atoms with Crippen LogP contribution in [0.25, 0.3) is 0 Å². The van der Waals surface area contributed by atoms with Gasteiger partial charge in [-0.15, -0.1) is 0 Å². The van der Waals surface area contributed by atoms with Crippen LogP contribution in [0.5, 0.6) is 0 Å². The molecule has 1 aromatic heterocycles. The third kappa shape index (κ3) is 1.81. The van der Waals surface area contributed by atoms with Gasteiger partial charge in [-0.05, 0) is 51.5 Å². The second-order valence-corrected chi connectivity index (χ2v) is 5.92. The van der Waals surface area contributed by atoms with Crippen molar-refractivity contribution in [2.45, 2.75) is 63.7 Å². The minimum Gasteiger partial charge on any atom is -0.388 e. The van der Waals surface area contributed by atoms with Gasteiger partial charge < -0.3 is 14.4 Å². The Morgan fingerprint density at radius 2 is 2.22 bits per heavy atom. The van der Waals surface area contributed by atoms with Crippen LogP contribution < -0.4 is 0 Å². The summed E-state index contributed by atoms with van der Waals surface area (Å²) in [4.78, 5) is 0. The molecule has 100 valence electrons. The van der Waals surface area contributed by atoms with E-state index in [2.05, 4.69) is 17.6 Å². The van der Waals surface area contributed by atoms with Gasteiger partial charge in [0.25, 0.3) is 0 Å². The van der Waals surface area contributed by atoms with E-state index in [0.717, 1.165) is 31.4 Å². The van der Waals surface area contributed by atoms with Gasteiger partial charge in [0.15, 0.2) is 0 Å². The quantitative estimate of drug-likeness (QED) is 0.893. The fraction of sp³-hybridized carbons (Fsp3) is 0.733. The Kier molecular flexibility index (Phi) is 2.99. The van der Waals surface area contributed by atoms with E-state index in [-0.39, 0.29) is 11.7 Å². The van der Waals surface area contributed by atoms with Gasteiger partial charge in [-0.3, -0.25) is 0 Å². The van der Waals surface area contributed by atoms with Gasteiger partial charge in [0.1, 0.15) is 0 Å². The van der Waals surface area contributed by atoms with Crippen molar-refractivity contribution in [1.82, 2.24) is 4.57 Å². The Bertz CT molecular complexity index is 440. The van der Waals surface area contributed by atoms with Gasteiger partial charge in [-0.25, -0.2) is 0 Å². The topological polar surface area (TPSA) is 34.4 Å². The van der Waals surface area contributed by atoms with E-state index in [1.165, 1.54) is 30.7 Å². The number of aryl methyl sites for hydroxylation is 1. The Hall–Kier alpha value is -0.800. The van der Waals surface area contributed by atoms with Crippen LogP contribution in [-0.4, -0.2) is 22.4 Å². The van der Waals surface area contributed by atoms with Crippen LogP contribution in [0.1, 0.15) is 55.2 Å². The van der Waals surface area contributed by atoms with E-state index in [4.69, 9.17) is 4.74 Å². The Balaban J connectivity index is 1.92. The van der Waals surface area contributed by atoms with Crippen molar-refractivity contribution in [3.63, 3.8) is 0 Å². The number of aromatic nitrogens is 1. The molecule has 18 heavy (non-hydrogen) atoms. The summed E-state index contributed by atoms with van der Waals surface area (Å²) in [5.41, 5.74) is 3.82. The molecule has 1 atom stereocenters. The molecule has 0 aliphatic heterocycles. The molecular weight excluding hydrogens is 226 g/mol. The van der Waals surface area contributed by atoms with Gasteiger partial charge >= 0.3 is 0 Å². The van der Waals surface area contributed by atoms with Crippen LogP contribution >= 0.6 is 0 Å². The molecule has 0 amide bonds. The third-order valence-electron chi connectivity index (χ3n) is 4.84. The van der Waals surface area contributed by atoms with E-state index < -0.39 is 0 Å². The predicted octanol–water partition coefficient (Wildman–Crippen LogP) is 2.74. The average Bonchev–Trinajstić information content (AvgIpc) is 2.62. The van der Waals surface area contributed by atoms with Crippen molar-refractivity contribution in [3.8, 4) is 0 Å². The average molecular weight is 249 g/mol. The highest BCUT2D eigenvalue weighted by atomic mass is 16.5. The smallest absolute Gasteiger partial charge is 0.0856 e. The fourth-order valence-electron chi connectivity index (χ4n) is 3.45. The van der Waals surface area contributed by atoms with Gasteiger partial charge in [-0.1, -0.05) is 0 Å². The summed E-state index contributed by atoms with van der Waals surface area (Å²) in [7, 11) is 1.83. The van der Waals surface area contributed by atoms with E-state index >= 15 is 0 Å². The second-order valence-electron chi connectivity index (χ2n) is 5.92. The lowest BCUT2D eigenvalue weighted by atomic mass is 9.79. The molecule has 0 aromatic carbocycles. The SMILES string of the molecule is COC1(Cn2c(C)cc3c2CCCC3O)CCC1. The van der Waals surface area contributed by atoms with Crippen LogP contribution in [0, 0.1) is 6.92 Å². The Morgan fingerprint density at radius 1 is 1.44 bits per heavy atom. The van der Waals surface area contributed by atoms with Crippen molar-refractivity contribution < 1.29 is 9.84 Å². The number of methoxy groups -OCH3 is 1. The summed E-state index contributed by atoms with van der Waals surface area (Å²) in [5, 5.41) is 10.1. The minimum atomic E-state index is -0.256. The number of hydrogen-bond donors (Lipinski definition) is 1. The Labute approximate surface area is 109 Å². The van der Waals surface area contributed by atoms with Crippen molar-refractivity contribution >= 4 is 0 Å². The summed E-state index contributed by atoms with van der Waals surface area (Å²) in [5.74, 6) is 0. The lowest BCUT2D eigenvalue weighted by molar-refractivity contribution is -0.0842. The highest BCUT2D eigenvalue weighted by Gasteiger charge is 2.38. The molecule has 1 aromatic rings. The molecule has 1 saturated carbocycles. The van der Waals surface area contributed by atoms with Gasteiger partial charge in [0.2, 0.25) is 0 Å². The van der Waals surface area contributed by atoms with Gasteiger partial charge in [0, 0.05) is 24.1 Å². The molecule has 1 heterocycles. The molecule has 0 saturated heterocycles. The zero-order valence-electron chi connectivity index (χ0n) is 11.4. The second kappa shape index (κ2) is 4.39. The van der Waals surface area contributed by atoms with E-state index in [1.807, 2.05) is 7.11 Å². The van der Waals surface area contributed by atoms with Crippen LogP contribution in [-0.2, 0) is 17.7 Å². The van der Waals surface area contributed by atoms with Crippen LogP contribution in [0.3, 0.4) is 0 Å². The maximum absolute atomic E-state index is 10.1. The summed E-state index contributed by atoms with van der Waals surface area (Å²) < 4.78 is 8.13. The monoisotopic (exact) mass is 249 g/mol. The van der Waals surface area contributed by atoms with E-state index in [1.54, 1.807) is 0 Å². The molecule has 0 radical (unpaired) electrons. The van der Waals surface area contributed by atoms with Crippen molar-refractivity contribution in [3.05, 3.63) is 23.0 Å². The summed E-state index contributed by atoms with van der Waals surface area (Å²) in [6, 6.07) is 2.17. The molecule has 1 unspecified atom stereocenters. The molecule has 2 aliphatic carbocycles. The van der Waals surface area contributed by atoms with E-state index in [9.17, 15) is 5.11 Å². The lowest BCUT2D eigenvalue weighted by Crippen LogP contribution is -2.43. The normalized spacial score (nSPS) is 25.6. The summed E-state index contributed by atoms with van der Waals surface area (Å²) in [6.45, 7) is 3.10. The number of nitrogens with zero attached hydrogens (tertiary/aromatic N) is 1. The molecule has 0 bridgehead atoms. The zero-order valence-corrected chi connectivity index (χ0v) is 11.4. The summed E-state index contributed by atoms with van der Waals surface area (Å²) >= 11 is 0. The first kappa shape index (κ1) is 12.2. The van der Waals surface area contributed by atoms with Crippen molar-refractivity contribution in [2.24, 2.45) is 0 Å². The standard InChI is InChI=1S/C15H23NO2/c1-11-9-12-13(5-3-6-14(12)17)16(11)10-15(18-2)7-4-8-15/h9,14,17H,3-8,10H2,1-2H3. The molecule has 0 spiro atoms. The maximum Gasteiger partial charge on any atom is 0.0856 e. The summed E-state index contributed by atoms with van der Waals surface area (Å²) in [6.07, 6.45) is 6.45. The molecular formula is C15H23NO2. The van der Waals surface area contributed by atoms with Gasteiger partial charge in [0.05, 0.1) is 18.2 Å². The highest BCUT2D eigenvalue weighted by molar-refractivity contribution is 5.32.